The van der Waals surface area contributed by atoms with Crippen LogP contribution in [0.5, 0.6) is 0 Å². The third-order valence-corrected chi connectivity index (χ3v) is 3.98. The minimum absolute atomic E-state index is 0.299. The van der Waals surface area contributed by atoms with Gasteiger partial charge in [0.15, 0.2) is 0 Å². The van der Waals surface area contributed by atoms with Gasteiger partial charge in [0, 0.05) is 0 Å². The summed E-state index contributed by atoms with van der Waals surface area (Å²) in [4.78, 5) is 46.7. The van der Waals surface area contributed by atoms with Gasteiger partial charge in [-0.2, -0.15) is 0 Å². The van der Waals surface area contributed by atoms with Crippen LogP contribution in [0.25, 0.3) is 0 Å². The Bertz CT molecular complexity index is 493. The van der Waals surface area contributed by atoms with Gasteiger partial charge in [-0.25, -0.2) is 4.79 Å². The molecule has 0 saturated carbocycles. The first-order chi connectivity index (χ1) is 11.8. The Kier molecular flexibility index (Phi) is 8.86. The first-order valence-electron chi connectivity index (χ1n) is 8.40. The van der Waals surface area contributed by atoms with Gasteiger partial charge in [0.05, 0.1) is 12.5 Å². The second-order valence-electron chi connectivity index (χ2n) is 6.06. The number of nitrogens with one attached hydrogen (secondary N) is 3. The Morgan fingerprint density at radius 2 is 1.88 bits per heavy atom. The third kappa shape index (κ3) is 7.48. The van der Waals surface area contributed by atoms with Crippen LogP contribution in [0.3, 0.4) is 0 Å². The van der Waals surface area contributed by atoms with Crippen LogP contribution < -0.4 is 27.4 Å². The molecule has 1 aliphatic rings. The number of rotatable bonds is 11. The molecule has 0 spiro atoms. The van der Waals surface area contributed by atoms with E-state index in [2.05, 4.69) is 16.0 Å². The van der Waals surface area contributed by atoms with Crippen molar-refractivity contribution in [3.8, 4) is 0 Å². The molecule has 0 aromatic rings. The van der Waals surface area contributed by atoms with E-state index in [-0.39, 0.29) is 11.9 Å². The van der Waals surface area contributed by atoms with Crippen LogP contribution in [0.15, 0.2) is 0 Å². The van der Waals surface area contributed by atoms with Gasteiger partial charge in [-0.05, 0) is 45.2 Å². The Hall–Kier alpha value is -2.20. The average Bonchev–Trinajstić information content (AvgIpc) is 3.07. The molecule has 0 radical (unpaired) electrons. The van der Waals surface area contributed by atoms with Crippen molar-refractivity contribution in [2.45, 2.75) is 56.7 Å². The van der Waals surface area contributed by atoms with Crippen LogP contribution in [-0.2, 0) is 19.2 Å². The average molecular weight is 357 g/mol. The van der Waals surface area contributed by atoms with E-state index in [0.717, 1.165) is 13.0 Å². The predicted molar refractivity (Wildman–Crippen MR) is 89.2 cm³/mol. The van der Waals surface area contributed by atoms with Crippen LogP contribution in [0.1, 0.15) is 38.5 Å². The van der Waals surface area contributed by atoms with Gasteiger partial charge in [0.1, 0.15) is 12.1 Å². The lowest BCUT2D eigenvalue weighted by molar-refractivity contribution is -0.143. The first kappa shape index (κ1) is 20.8. The molecule has 0 aliphatic carbocycles. The smallest absolute Gasteiger partial charge is 0.326 e. The fourth-order valence-corrected chi connectivity index (χ4v) is 2.62. The van der Waals surface area contributed by atoms with Gasteiger partial charge < -0.3 is 32.5 Å². The minimum Gasteiger partial charge on any atom is -0.480 e. The molecule has 1 heterocycles. The number of carbonyl (C=O) groups is 4. The third-order valence-electron chi connectivity index (χ3n) is 3.98. The lowest BCUT2D eigenvalue weighted by Gasteiger charge is -2.22. The van der Waals surface area contributed by atoms with E-state index < -0.39 is 36.3 Å². The molecule has 0 bridgehead atoms. The maximum absolute atomic E-state index is 12.4. The number of unbranched alkanes of at least 4 members (excludes halogenated alkanes) is 1. The monoisotopic (exact) mass is 357 g/mol. The number of carboxylic acid groups (broad SMARTS) is 1. The van der Waals surface area contributed by atoms with Crippen LogP contribution in [0.4, 0.5) is 0 Å². The molecule has 0 unspecified atom stereocenters. The Balaban J connectivity index is 2.70. The van der Waals surface area contributed by atoms with Gasteiger partial charge in [0.25, 0.3) is 0 Å². The summed E-state index contributed by atoms with van der Waals surface area (Å²) >= 11 is 0. The molecule has 1 rings (SSSR count). The van der Waals surface area contributed by atoms with Gasteiger partial charge in [-0.15, -0.1) is 0 Å². The normalized spacial score (nSPS) is 19.0. The summed E-state index contributed by atoms with van der Waals surface area (Å²) in [6, 6.07) is -2.68. The molecule has 25 heavy (non-hydrogen) atoms. The number of hydrogen-bond acceptors (Lipinski definition) is 6. The van der Waals surface area contributed by atoms with Crippen molar-refractivity contribution in [3.63, 3.8) is 0 Å². The molecule has 3 amide bonds. The van der Waals surface area contributed by atoms with Gasteiger partial charge in [-0.3, -0.25) is 14.4 Å². The maximum Gasteiger partial charge on any atom is 0.326 e. The molecule has 3 atom stereocenters. The number of amides is 3. The van der Waals surface area contributed by atoms with Crippen molar-refractivity contribution < 1.29 is 24.3 Å². The summed E-state index contributed by atoms with van der Waals surface area (Å²) < 4.78 is 0. The second kappa shape index (κ2) is 10.6. The van der Waals surface area contributed by atoms with Crippen LogP contribution in [-0.4, -0.2) is 60.0 Å². The standard InChI is InChI=1S/C15H27N5O5/c16-6-2-1-4-10(19-13(22)9-5-3-7-18-9)14(23)20-11(15(24)25)8-12(17)21/h9-11,18H,1-8,16H2,(H2,17,21)(H,19,22)(H,20,23)(H,24,25)/t9-,10-,11-/m0/s1. The van der Waals surface area contributed by atoms with Crippen molar-refractivity contribution in [2.75, 3.05) is 13.1 Å². The maximum atomic E-state index is 12.4. The summed E-state index contributed by atoms with van der Waals surface area (Å²) in [5, 5.41) is 17.0. The summed E-state index contributed by atoms with van der Waals surface area (Å²) in [5.41, 5.74) is 10.4. The van der Waals surface area contributed by atoms with E-state index in [9.17, 15) is 19.2 Å². The number of carboxylic acids is 1. The highest BCUT2D eigenvalue weighted by molar-refractivity contribution is 5.93. The largest absolute Gasteiger partial charge is 0.480 e. The molecule has 142 valence electrons. The topological polar surface area (TPSA) is 177 Å². The molecular weight excluding hydrogens is 330 g/mol. The number of carbonyl (C=O) groups excluding carboxylic acids is 3. The molecule has 1 saturated heterocycles. The second-order valence-corrected chi connectivity index (χ2v) is 6.06. The van der Waals surface area contributed by atoms with Gasteiger partial charge in [-0.1, -0.05) is 0 Å². The van der Waals surface area contributed by atoms with Crippen molar-refractivity contribution >= 4 is 23.7 Å². The Morgan fingerprint density at radius 3 is 2.40 bits per heavy atom. The highest BCUT2D eigenvalue weighted by atomic mass is 16.4. The summed E-state index contributed by atoms with van der Waals surface area (Å²) in [6.07, 6.45) is 2.63. The zero-order chi connectivity index (χ0) is 18.8. The molecule has 8 N–H and O–H groups in total. The van der Waals surface area contributed by atoms with Crippen molar-refractivity contribution in [3.05, 3.63) is 0 Å². The van der Waals surface area contributed by atoms with Crippen molar-refractivity contribution in [2.24, 2.45) is 11.5 Å². The number of primary amides is 1. The van der Waals surface area contributed by atoms with Crippen molar-refractivity contribution in [1.82, 2.24) is 16.0 Å². The SMILES string of the molecule is NCCCC[C@H](NC(=O)[C@@H]1CCCN1)C(=O)N[C@@H](CC(N)=O)C(=O)O. The zero-order valence-electron chi connectivity index (χ0n) is 14.1. The minimum atomic E-state index is -1.43. The van der Waals surface area contributed by atoms with E-state index in [1.165, 1.54) is 0 Å². The first-order valence-corrected chi connectivity index (χ1v) is 8.40. The van der Waals surface area contributed by atoms with E-state index in [1.54, 1.807) is 0 Å². The van der Waals surface area contributed by atoms with Gasteiger partial charge >= 0.3 is 5.97 Å². The number of aliphatic carboxylic acids is 1. The van der Waals surface area contributed by atoms with Crippen molar-refractivity contribution in [1.29, 1.82) is 0 Å². The lowest BCUT2D eigenvalue weighted by atomic mass is 10.1. The fraction of sp³-hybridized carbons (Fsp3) is 0.733. The van der Waals surface area contributed by atoms with Gasteiger partial charge in [0.2, 0.25) is 17.7 Å². The van der Waals surface area contributed by atoms with Crippen LogP contribution >= 0.6 is 0 Å². The molecule has 0 aromatic carbocycles. The molecule has 1 aliphatic heterocycles. The number of nitrogens with two attached hydrogens (primary N) is 2. The van der Waals surface area contributed by atoms with Crippen LogP contribution in [0, 0.1) is 0 Å². The van der Waals surface area contributed by atoms with E-state index in [4.69, 9.17) is 16.6 Å². The Morgan fingerprint density at radius 1 is 1.16 bits per heavy atom. The number of hydrogen-bond donors (Lipinski definition) is 6. The van der Waals surface area contributed by atoms with Crippen LogP contribution in [0.2, 0.25) is 0 Å². The highest BCUT2D eigenvalue weighted by Gasteiger charge is 2.30. The molecular formula is C15H27N5O5. The lowest BCUT2D eigenvalue weighted by Crippen LogP contribution is -2.54. The van der Waals surface area contributed by atoms with E-state index in [1.807, 2.05) is 0 Å². The highest BCUT2D eigenvalue weighted by Crippen LogP contribution is 2.08. The summed E-state index contributed by atoms with van der Waals surface area (Å²) in [7, 11) is 0. The molecule has 10 heteroatoms. The quantitative estimate of drug-likeness (QED) is 0.227. The zero-order valence-corrected chi connectivity index (χ0v) is 14.1. The predicted octanol–water partition coefficient (Wildman–Crippen LogP) is -2.20. The van der Waals surface area contributed by atoms with E-state index >= 15 is 0 Å². The Labute approximate surface area is 146 Å². The molecule has 0 aromatic heterocycles. The summed E-state index contributed by atoms with van der Waals surface area (Å²) in [5.74, 6) is -3.16. The fourth-order valence-electron chi connectivity index (χ4n) is 2.62. The molecule has 10 nitrogen and oxygen atoms in total. The molecule has 1 fully saturated rings. The van der Waals surface area contributed by atoms with E-state index in [0.29, 0.717) is 32.2 Å². The summed E-state index contributed by atoms with van der Waals surface area (Å²) in [6.45, 7) is 1.19.